The Morgan fingerprint density at radius 2 is 1.93 bits per heavy atom. The molecule has 1 amide bonds. The molecule has 1 saturated heterocycles. The van der Waals surface area contributed by atoms with E-state index >= 15 is 0 Å². The lowest BCUT2D eigenvalue weighted by Gasteiger charge is -2.38. The first-order chi connectivity index (χ1) is 12.9. The number of hydrogen-bond donors (Lipinski definition) is 1. The topological polar surface area (TPSA) is 75.4 Å². The van der Waals surface area contributed by atoms with E-state index in [4.69, 9.17) is 11.6 Å². The number of halogens is 1. The van der Waals surface area contributed by atoms with E-state index in [2.05, 4.69) is 4.98 Å². The van der Waals surface area contributed by atoms with Crippen LogP contribution < -0.4 is 5.56 Å². The number of rotatable bonds is 5. The van der Waals surface area contributed by atoms with Gasteiger partial charge in [-0.05, 0) is 31.7 Å². The summed E-state index contributed by atoms with van der Waals surface area (Å²) in [5.41, 5.74) is 0.243. The highest BCUT2D eigenvalue weighted by atomic mass is 35.5. The number of likely N-dealkylation sites (tertiary alicyclic amines) is 1. The van der Waals surface area contributed by atoms with Crippen LogP contribution in [0.1, 0.15) is 30.4 Å². The Morgan fingerprint density at radius 1 is 1.26 bits per heavy atom. The van der Waals surface area contributed by atoms with Crippen LogP contribution in [0.15, 0.2) is 41.5 Å². The summed E-state index contributed by atoms with van der Waals surface area (Å²) in [7, 11) is 0. The van der Waals surface area contributed by atoms with Crippen LogP contribution in [0.2, 0.25) is 5.15 Å². The monoisotopic (exact) mass is 389 g/mol. The molecule has 7 heteroatoms. The molecule has 1 aromatic heterocycles. The van der Waals surface area contributed by atoms with Gasteiger partial charge in [0, 0.05) is 19.5 Å². The van der Waals surface area contributed by atoms with Crippen LogP contribution >= 0.6 is 11.6 Å². The Morgan fingerprint density at radius 3 is 2.59 bits per heavy atom. The minimum atomic E-state index is -1.03. The number of aromatic nitrogens is 2. The summed E-state index contributed by atoms with van der Waals surface area (Å²) in [5.74, 6) is 0.0991. The molecule has 144 valence electrons. The third-order valence-corrected chi connectivity index (χ3v) is 5.56. The van der Waals surface area contributed by atoms with E-state index in [9.17, 15) is 14.7 Å². The maximum atomic E-state index is 12.4. The van der Waals surface area contributed by atoms with Crippen molar-refractivity contribution in [3.05, 3.63) is 63.3 Å². The van der Waals surface area contributed by atoms with E-state index in [1.54, 1.807) is 11.8 Å². The Balaban J connectivity index is 1.55. The maximum absolute atomic E-state index is 12.4. The van der Waals surface area contributed by atoms with Crippen molar-refractivity contribution in [3.63, 3.8) is 0 Å². The van der Waals surface area contributed by atoms with Gasteiger partial charge in [0.15, 0.2) is 0 Å². The Bertz CT molecular complexity index is 859. The molecule has 1 aliphatic rings. The predicted molar refractivity (Wildman–Crippen MR) is 104 cm³/mol. The Labute approximate surface area is 163 Å². The molecule has 1 N–H and O–H groups in total. The Kier molecular flexibility index (Phi) is 5.97. The summed E-state index contributed by atoms with van der Waals surface area (Å²) in [6.45, 7) is 2.74. The molecule has 0 saturated carbocycles. The van der Waals surface area contributed by atoms with Gasteiger partial charge in [-0.2, -0.15) is 0 Å². The van der Waals surface area contributed by atoms with E-state index in [0.717, 1.165) is 5.56 Å². The molecular weight excluding hydrogens is 366 g/mol. The largest absolute Gasteiger partial charge is 0.388 e. The van der Waals surface area contributed by atoms with Crippen LogP contribution in [0.3, 0.4) is 0 Å². The quantitative estimate of drug-likeness (QED) is 0.795. The number of aryl methyl sites for hydroxylation is 1. The van der Waals surface area contributed by atoms with Gasteiger partial charge >= 0.3 is 0 Å². The number of benzene rings is 1. The van der Waals surface area contributed by atoms with Crippen molar-refractivity contribution in [1.29, 1.82) is 0 Å². The first kappa shape index (κ1) is 19.6. The highest BCUT2D eigenvalue weighted by Crippen LogP contribution is 2.24. The van der Waals surface area contributed by atoms with Crippen LogP contribution in [0, 0.1) is 6.92 Å². The van der Waals surface area contributed by atoms with Crippen LogP contribution in [0.5, 0.6) is 0 Å². The molecular formula is C20H24ClN3O3. The van der Waals surface area contributed by atoms with E-state index in [-0.39, 0.29) is 23.2 Å². The van der Waals surface area contributed by atoms with E-state index in [1.807, 2.05) is 30.3 Å². The summed E-state index contributed by atoms with van der Waals surface area (Å²) in [6.07, 6.45) is 3.40. The molecule has 0 spiro atoms. The lowest BCUT2D eigenvalue weighted by atomic mass is 9.91. The van der Waals surface area contributed by atoms with Gasteiger partial charge < -0.3 is 10.0 Å². The fourth-order valence-corrected chi connectivity index (χ4v) is 3.51. The average molecular weight is 390 g/mol. The van der Waals surface area contributed by atoms with Gasteiger partial charge in [0.1, 0.15) is 5.15 Å². The molecule has 0 bridgehead atoms. The number of amides is 1. The van der Waals surface area contributed by atoms with Crippen molar-refractivity contribution in [2.24, 2.45) is 0 Å². The van der Waals surface area contributed by atoms with Gasteiger partial charge in [-0.25, -0.2) is 4.98 Å². The summed E-state index contributed by atoms with van der Waals surface area (Å²) >= 11 is 5.86. The normalized spacial score (nSPS) is 16.3. The fourth-order valence-electron chi connectivity index (χ4n) is 3.39. The number of aliphatic hydroxyl groups is 1. The standard InChI is InChI=1S/C20H24ClN3O3/c1-15-18(21)22-14-24(19(15)26)13-20(27)9-11-23(12-10-20)17(25)8-7-16-5-3-2-4-6-16/h2-6,14,27H,7-13H2,1H3. The van der Waals surface area contributed by atoms with E-state index in [1.165, 1.54) is 10.9 Å². The second-order valence-electron chi connectivity index (χ2n) is 7.18. The first-order valence-electron chi connectivity index (χ1n) is 9.14. The van der Waals surface area contributed by atoms with Gasteiger partial charge in [-0.3, -0.25) is 14.2 Å². The molecule has 0 atom stereocenters. The smallest absolute Gasteiger partial charge is 0.257 e. The van der Waals surface area contributed by atoms with Crippen molar-refractivity contribution in [1.82, 2.24) is 14.5 Å². The van der Waals surface area contributed by atoms with Crippen LogP contribution in [0.4, 0.5) is 0 Å². The van der Waals surface area contributed by atoms with Crippen LogP contribution in [-0.2, 0) is 17.8 Å². The van der Waals surface area contributed by atoms with Gasteiger partial charge in [0.05, 0.1) is 24.0 Å². The Hall–Kier alpha value is -2.18. The van der Waals surface area contributed by atoms with E-state index < -0.39 is 5.60 Å². The van der Waals surface area contributed by atoms with Crippen molar-refractivity contribution in [2.45, 2.75) is 44.8 Å². The molecule has 2 heterocycles. The minimum Gasteiger partial charge on any atom is -0.388 e. The third kappa shape index (κ3) is 4.76. The average Bonchev–Trinajstić information content (AvgIpc) is 2.68. The second kappa shape index (κ2) is 8.23. The molecule has 1 aliphatic heterocycles. The zero-order valence-electron chi connectivity index (χ0n) is 15.4. The maximum Gasteiger partial charge on any atom is 0.257 e. The van der Waals surface area contributed by atoms with Crippen molar-refractivity contribution in [2.75, 3.05) is 13.1 Å². The van der Waals surface area contributed by atoms with Crippen molar-refractivity contribution >= 4 is 17.5 Å². The SMILES string of the molecule is Cc1c(Cl)ncn(CC2(O)CCN(C(=O)CCc3ccccc3)CC2)c1=O. The number of piperidine rings is 1. The number of nitrogens with zero attached hydrogens (tertiary/aromatic N) is 3. The fraction of sp³-hybridized carbons (Fsp3) is 0.450. The molecule has 0 radical (unpaired) electrons. The van der Waals surface area contributed by atoms with Gasteiger partial charge in [-0.15, -0.1) is 0 Å². The van der Waals surface area contributed by atoms with Gasteiger partial charge in [-0.1, -0.05) is 41.9 Å². The van der Waals surface area contributed by atoms with Crippen LogP contribution in [0.25, 0.3) is 0 Å². The predicted octanol–water partition coefficient (Wildman–Crippen LogP) is 2.19. The molecule has 2 aromatic rings. The lowest BCUT2D eigenvalue weighted by Crippen LogP contribution is -2.49. The molecule has 6 nitrogen and oxygen atoms in total. The van der Waals surface area contributed by atoms with Gasteiger partial charge in [0.25, 0.3) is 5.56 Å². The molecule has 0 aliphatic carbocycles. The highest BCUT2D eigenvalue weighted by molar-refractivity contribution is 6.30. The minimum absolute atomic E-state index is 0.0991. The summed E-state index contributed by atoms with van der Waals surface area (Å²) in [4.78, 5) is 30.5. The van der Waals surface area contributed by atoms with E-state index in [0.29, 0.717) is 44.3 Å². The zero-order valence-corrected chi connectivity index (χ0v) is 16.2. The first-order valence-corrected chi connectivity index (χ1v) is 9.51. The van der Waals surface area contributed by atoms with Crippen molar-refractivity contribution < 1.29 is 9.90 Å². The van der Waals surface area contributed by atoms with Crippen LogP contribution in [-0.4, -0.2) is 44.2 Å². The lowest BCUT2D eigenvalue weighted by molar-refractivity contribution is -0.135. The zero-order chi connectivity index (χ0) is 19.4. The number of hydrogen-bond acceptors (Lipinski definition) is 4. The summed E-state index contributed by atoms with van der Waals surface area (Å²) in [5, 5.41) is 11.0. The molecule has 1 fully saturated rings. The molecule has 3 rings (SSSR count). The van der Waals surface area contributed by atoms with Crippen molar-refractivity contribution in [3.8, 4) is 0 Å². The van der Waals surface area contributed by atoms with Gasteiger partial charge in [0.2, 0.25) is 5.91 Å². The third-order valence-electron chi connectivity index (χ3n) is 5.18. The second-order valence-corrected chi connectivity index (χ2v) is 7.54. The summed E-state index contributed by atoms with van der Waals surface area (Å²) in [6, 6.07) is 9.93. The summed E-state index contributed by atoms with van der Waals surface area (Å²) < 4.78 is 1.40. The molecule has 1 aromatic carbocycles. The highest BCUT2D eigenvalue weighted by Gasteiger charge is 2.34. The number of carbonyl (C=O) groups is 1. The number of carbonyl (C=O) groups excluding carboxylic acids is 1. The molecule has 0 unspecified atom stereocenters. The molecule has 27 heavy (non-hydrogen) atoms.